The Bertz CT molecular complexity index is 1140. The number of rotatable bonds is 6. The Hall–Kier alpha value is -3.56. The second-order valence-corrected chi connectivity index (χ2v) is 7.18. The topological polar surface area (TPSA) is 101 Å². The van der Waals surface area contributed by atoms with Crippen molar-refractivity contribution in [3.8, 4) is 22.8 Å². The largest absolute Gasteiger partial charge is 0.573 e. The van der Waals surface area contributed by atoms with Crippen molar-refractivity contribution in [1.82, 2.24) is 5.16 Å². The van der Waals surface area contributed by atoms with Gasteiger partial charge in [-0.25, -0.2) is 0 Å². The maximum absolute atomic E-state index is 12.4. The van der Waals surface area contributed by atoms with Gasteiger partial charge in [-0.3, -0.25) is 10.8 Å². The van der Waals surface area contributed by atoms with E-state index in [1.165, 1.54) is 24.3 Å². The molecular weight excluding hydrogens is 415 g/mol. The summed E-state index contributed by atoms with van der Waals surface area (Å²) in [7, 11) is 0. The zero-order valence-corrected chi connectivity index (χ0v) is 16.4. The van der Waals surface area contributed by atoms with Crippen LogP contribution in [0.5, 0.6) is 11.6 Å². The monoisotopic (exact) mass is 433 g/mol. The molecule has 0 saturated heterocycles. The molecule has 2 N–H and O–H groups in total. The van der Waals surface area contributed by atoms with Crippen molar-refractivity contribution < 1.29 is 31.9 Å². The molecule has 1 saturated carbocycles. The fourth-order valence-corrected chi connectivity index (χ4v) is 3.04. The number of hydrogen-bond acceptors (Lipinski definition) is 7. The molecule has 10 heteroatoms. The van der Waals surface area contributed by atoms with Gasteiger partial charge in [-0.2, -0.15) is 0 Å². The summed E-state index contributed by atoms with van der Waals surface area (Å²) in [6.45, 7) is 1.59. The Labute approximate surface area is 174 Å². The second kappa shape index (κ2) is 7.93. The fraction of sp³-hybridized carbons (Fsp3) is 0.286. The molecule has 0 atom stereocenters. The van der Waals surface area contributed by atoms with Crippen molar-refractivity contribution in [2.45, 2.75) is 26.1 Å². The van der Waals surface area contributed by atoms with Crippen molar-refractivity contribution in [2.75, 3.05) is 6.61 Å². The van der Waals surface area contributed by atoms with Gasteiger partial charge in [0.05, 0.1) is 5.39 Å². The van der Waals surface area contributed by atoms with Crippen LogP contribution in [0.4, 0.5) is 13.2 Å². The van der Waals surface area contributed by atoms with Crippen LogP contribution in [0.2, 0.25) is 0 Å². The number of ether oxygens (including phenoxy) is 3. The number of alkyl halides is 3. The Kier molecular flexibility index (Phi) is 5.30. The summed E-state index contributed by atoms with van der Waals surface area (Å²) < 4.78 is 57.0. The van der Waals surface area contributed by atoms with Gasteiger partial charge < -0.3 is 18.7 Å². The third-order valence-corrected chi connectivity index (χ3v) is 4.67. The van der Waals surface area contributed by atoms with Crippen LogP contribution in [0.1, 0.15) is 18.4 Å². The van der Waals surface area contributed by atoms with Crippen LogP contribution in [0, 0.1) is 23.7 Å². The van der Waals surface area contributed by atoms with Crippen LogP contribution in [0.15, 0.2) is 40.9 Å². The van der Waals surface area contributed by atoms with E-state index in [4.69, 9.17) is 24.8 Å². The summed E-state index contributed by atoms with van der Waals surface area (Å²) in [6.07, 6.45) is -2.96. The molecule has 7 nitrogen and oxygen atoms in total. The number of nitrogens with zero attached hydrogens (tertiary/aromatic N) is 1. The lowest BCUT2D eigenvalue weighted by Crippen LogP contribution is -2.19. The number of nitrogens with one attached hydrogen (secondary N) is 2. The lowest BCUT2D eigenvalue weighted by Gasteiger charge is -2.10. The Balaban J connectivity index is 1.52. The average molecular weight is 433 g/mol. The smallest absolute Gasteiger partial charge is 0.465 e. The number of aryl methyl sites for hydroxylation is 1. The zero-order chi connectivity index (χ0) is 22.2. The number of aromatic nitrogens is 1. The van der Waals surface area contributed by atoms with Crippen LogP contribution in [0.25, 0.3) is 22.1 Å². The highest BCUT2D eigenvalue weighted by Crippen LogP contribution is 2.34. The highest BCUT2D eigenvalue weighted by Gasteiger charge is 2.31. The molecule has 3 aromatic rings. The molecule has 2 aromatic carbocycles. The predicted molar refractivity (Wildman–Crippen MR) is 106 cm³/mol. The van der Waals surface area contributed by atoms with Crippen molar-refractivity contribution in [1.29, 1.82) is 10.8 Å². The molecule has 0 bridgehead atoms. The Morgan fingerprint density at radius 2 is 1.84 bits per heavy atom. The minimum absolute atomic E-state index is 0.0645. The summed E-state index contributed by atoms with van der Waals surface area (Å²) in [5.41, 5.74) is 2.64. The summed E-state index contributed by atoms with van der Waals surface area (Å²) in [5.74, 6) is -0.205. The molecule has 1 aliphatic rings. The van der Waals surface area contributed by atoms with Crippen molar-refractivity contribution >= 4 is 22.8 Å². The number of fused-ring (bicyclic) bond motifs is 1. The quantitative estimate of drug-likeness (QED) is 0.397. The molecule has 162 valence electrons. The van der Waals surface area contributed by atoms with E-state index in [0.717, 1.165) is 24.0 Å². The molecule has 0 unspecified atom stereocenters. The van der Waals surface area contributed by atoms with Crippen LogP contribution >= 0.6 is 0 Å². The van der Waals surface area contributed by atoms with Gasteiger partial charge in [0.25, 0.3) is 5.88 Å². The third kappa shape index (κ3) is 4.96. The maximum Gasteiger partial charge on any atom is 0.573 e. The highest BCUT2D eigenvalue weighted by atomic mass is 19.4. The van der Waals surface area contributed by atoms with E-state index in [1.54, 1.807) is 6.07 Å². The van der Waals surface area contributed by atoms with Gasteiger partial charge in [-0.15, -0.1) is 13.2 Å². The Morgan fingerprint density at radius 1 is 1.13 bits per heavy atom. The number of benzene rings is 2. The number of halogens is 3. The van der Waals surface area contributed by atoms with Crippen LogP contribution in [-0.4, -0.2) is 29.9 Å². The highest BCUT2D eigenvalue weighted by molar-refractivity contribution is 5.92. The van der Waals surface area contributed by atoms with Gasteiger partial charge >= 0.3 is 6.36 Å². The van der Waals surface area contributed by atoms with Gasteiger partial charge in [-0.05, 0) is 65.9 Å². The first-order valence-corrected chi connectivity index (χ1v) is 9.42. The van der Waals surface area contributed by atoms with E-state index >= 15 is 0 Å². The Morgan fingerprint density at radius 3 is 2.48 bits per heavy atom. The minimum atomic E-state index is -4.75. The molecule has 0 radical (unpaired) electrons. The molecule has 31 heavy (non-hydrogen) atoms. The SMILES string of the molecule is Cc1cc(-c2ccc(OC(F)(F)F)cc2)cc2c(OCC(=N)OC(=N)C3CC3)noc12. The van der Waals surface area contributed by atoms with Crippen molar-refractivity contribution in [3.63, 3.8) is 0 Å². The van der Waals surface area contributed by atoms with Crippen molar-refractivity contribution in [3.05, 3.63) is 42.0 Å². The first-order valence-electron chi connectivity index (χ1n) is 9.42. The van der Waals surface area contributed by atoms with E-state index in [0.29, 0.717) is 16.5 Å². The summed E-state index contributed by atoms with van der Waals surface area (Å²) in [6, 6.07) is 9.07. The van der Waals surface area contributed by atoms with Crippen LogP contribution in [0.3, 0.4) is 0 Å². The molecule has 0 spiro atoms. The molecule has 1 aliphatic carbocycles. The molecule has 0 aliphatic heterocycles. The first-order chi connectivity index (χ1) is 14.7. The second-order valence-electron chi connectivity index (χ2n) is 7.18. The molecule has 4 rings (SSSR count). The maximum atomic E-state index is 12.4. The first kappa shape index (κ1) is 20.7. The standard InChI is InChI=1S/C21H18F3N3O4/c1-11-8-14(12-4-6-15(7-5-12)30-21(22,23)24)9-16-18(11)31-27-20(16)28-10-17(25)29-19(26)13-2-3-13/h4-9,13,25-26H,2-3,10H2,1H3. The summed E-state index contributed by atoms with van der Waals surface area (Å²) in [4.78, 5) is 0. The molecular formula is C21H18F3N3O4. The normalized spacial score (nSPS) is 13.8. The zero-order valence-electron chi connectivity index (χ0n) is 16.4. The van der Waals surface area contributed by atoms with E-state index in [9.17, 15) is 13.2 Å². The lowest BCUT2D eigenvalue weighted by molar-refractivity contribution is -0.274. The van der Waals surface area contributed by atoms with Crippen molar-refractivity contribution in [2.24, 2.45) is 5.92 Å². The minimum Gasteiger partial charge on any atom is -0.465 e. The fourth-order valence-electron chi connectivity index (χ4n) is 3.04. The summed E-state index contributed by atoms with van der Waals surface area (Å²) >= 11 is 0. The third-order valence-electron chi connectivity index (χ3n) is 4.67. The summed E-state index contributed by atoms with van der Waals surface area (Å²) in [5, 5.41) is 20.0. The van der Waals surface area contributed by atoms with E-state index in [-0.39, 0.29) is 35.9 Å². The van der Waals surface area contributed by atoms with E-state index in [1.807, 2.05) is 13.0 Å². The lowest BCUT2D eigenvalue weighted by atomic mass is 10.0. The van der Waals surface area contributed by atoms with Gasteiger partial charge in [-0.1, -0.05) is 12.1 Å². The van der Waals surface area contributed by atoms with Crippen LogP contribution < -0.4 is 9.47 Å². The number of hydrogen-bond donors (Lipinski definition) is 2. The predicted octanol–water partition coefficient (Wildman–Crippen LogP) is 5.46. The molecule has 1 fully saturated rings. The van der Waals surface area contributed by atoms with Gasteiger partial charge in [0.2, 0.25) is 5.90 Å². The van der Waals surface area contributed by atoms with Gasteiger partial charge in [0.15, 0.2) is 18.1 Å². The van der Waals surface area contributed by atoms with Crippen LogP contribution in [-0.2, 0) is 4.74 Å². The molecule has 1 aromatic heterocycles. The van der Waals surface area contributed by atoms with Gasteiger partial charge in [0.1, 0.15) is 5.75 Å². The van der Waals surface area contributed by atoms with E-state index < -0.39 is 6.36 Å². The van der Waals surface area contributed by atoms with Gasteiger partial charge in [0, 0.05) is 5.92 Å². The average Bonchev–Trinajstić information content (AvgIpc) is 3.47. The molecule has 1 heterocycles. The van der Waals surface area contributed by atoms with E-state index in [2.05, 4.69) is 9.89 Å². The molecule has 0 amide bonds.